The number of methoxy groups -OCH3 is 1. The lowest BCUT2D eigenvalue weighted by Gasteiger charge is -2.34. The minimum atomic E-state index is -0.115. The van der Waals surface area contributed by atoms with Gasteiger partial charge in [-0.15, -0.1) is 0 Å². The van der Waals surface area contributed by atoms with Crippen molar-refractivity contribution in [2.75, 3.05) is 51.8 Å². The highest BCUT2D eigenvalue weighted by Crippen LogP contribution is 2.35. The van der Waals surface area contributed by atoms with E-state index in [2.05, 4.69) is 22.2 Å². The minimum Gasteiger partial charge on any atom is -0.493 e. The van der Waals surface area contributed by atoms with Crippen LogP contribution in [0.1, 0.15) is 16.8 Å². The highest BCUT2D eigenvalue weighted by Gasteiger charge is 2.28. The molecule has 3 heterocycles. The zero-order valence-electron chi connectivity index (χ0n) is 20.8. The molecule has 188 valence electrons. The van der Waals surface area contributed by atoms with Crippen molar-refractivity contribution < 1.29 is 14.3 Å². The van der Waals surface area contributed by atoms with Crippen molar-refractivity contribution in [2.45, 2.75) is 19.5 Å². The first kappa shape index (κ1) is 23.9. The van der Waals surface area contributed by atoms with Gasteiger partial charge in [-0.05, 0) is 24.7 Å². The second-order valence-corrected chi connectivity index (χ2v) is 9.11. The van der Waals surface area contributed by atoms with Gasteiger partial charge in [-0.2, -0.15) is 4.98 Å². The number of para-hydroxylation sites is 2. The van der Waals surface area contributed by atoms with Crippen LogP contribution in [0.5, 0.6) is 17.4 Å². The van der Waals surface area contributed by atoms with Crippen molar-refractivity contribution in [1.29, 1.82) is 0 Å². The van der Waals surface area contributed by atoms with Crippen LogP contribution < -0.4 is 19.7 Å². The van der Waals surface area contributed by atoms with Gasteiger partial charge in [0.25, 0.3) is 0 Å². The van der Waals surface area contributed by atoms with E-state index in [1.54, 1.807) is 12.0 Å². The zero-order valence-corrected chi connectivity index (χ0v) is 20.8. The molecule has 9 heteroatoms. The molecule has 2 aliphatic rings. The quantitative estimate of drug-likeness (QED) is 0.570. The molecule has 0 bridgehead atoms. The molecular weight excluding hydrogens is 456 g/mol. The Bertz CT molecular complexity index is 1200. The fourth-order valence-corrected chi connectivity index (χ4v) is 4.47. The number of benzene rings is 2. The summed E-state index contributed by atoms with van der Waals surface area (Å²) in [5.41, 5.74) is 2.82. The van der Waals surface area contributed by atoms with Crippen LogP contribution >= 0.6 is 0 Å². The average Bonchev–Trinajstić information content (AvgIpc) is 2.92. The molecule has 0 aliphatic carbocycles. The number of rotatable bonds is 6. The van der Waals surface area contributed by atoms with Gasteiger partial charge in [0.1, 0.15) is 0 Å². The van der Waals surface area contributed by atoms with Crippen LogP contribution in [0.4, 0.5) is 10.7 Å². The van der Waals surface area contributed by atoms with Crippen molar-refractivity contribution in [3.05, 3.63) is 71.4 Å². The highest BCUT2D eigenvalue weighted by molar-refractivity contribution is 5.74. The van der Waals surface area contributed by atoms with Crippen molar-refractivity contribution in [2.24, 2.45) is 0 Å². The first-order valence-electron chi connectivity index (χ1n) is 12.3. The third-order valence-electron chi connectivity index (χ3n) is 6.65. The summed E-state index contributed by atoms with van der Waals surface area (Å²) in [4.78, 5) is 29.1. The summed E-state index contributed by atoms with van der Waals surface area (Å²) >= 11 is 0. The summed E-state index contributed by atoms with van der Waals surface area (Å²) in [5.74, 6) is 2.35. The molecular formula is C27H32N6O3. The van der Waals surface area contributed by atoms with Gasteiger partial charge in [0.2, 0.25) is 11.8 Å². The number of nitrogens with one attached hydrogen (secondary N) is 1. The Morgan fingerprint density at radius 3 is 2.42 bits per heavy atom. The topological polar surface area (TPSA) is 83.1 Å². The fourth-order valence-electron chi connectivity index (χ4n) is 4.47. The lowest BCUT2D eigenvalue weighted by atomic mass is 10.1. The molecule has 0 saturated carbocycles. The summed E-state index contributed by atoms with van der Waals surface area (Å²) in [6, 6.07) is 17.3. The Kier molecular flexibility index (Phi) is 7.18. The first-order chi connectivity index (χ1) is 17.6. The van der Waals surface area contributed by atoms with Crippen LogP contribution in [0.2, 0.25) is 0 Å². The normalized spacial score (nSPS) is 15.8. The lowest BCUT2D eigenvalue weighted by Crippen LogP contribution is -2.46. The number of anilines is 1. The molecule has 3 aromatic rings. The molecule has 5 rings (SSSR count). The van der Waals surface area contributed by atoms with E-state index in [9.17, 15) is 4.79 Å². The van der Waals surface area contributed by atoms with Crippen molar-refractivity contribution in [1.82, 2.24) is 25.1 Å². The van der Waals surface area contributed by atoms with Crippen LogP contribution in [0.15, 0.2) is 54.6 Å². The van der Waals surface area contributed by atoms with Gasteiger partial charge in [0.15, 0.2) is 11.5 Å². The number of fused-ring (bicyclic) bond motifs is 1. The Morgan fingerprint density at radius 1 is 0.944 bits per heavy atom. The second kappa shape index (κ2) is 10.8. The number of ether oxygens (including phenoxy) is 2. The van der Waals surface area contributed by atoms with Gasteiger partial charge < -0.3 is 29.5 Å². The molecule has 1 N–H and O–H groups in total. The summed E-state index contributed by atoms with van der Waals surface area (Å²) in [6.07, 6.45) is 0.639. The maximum Gasteiger partial charge on any atom is 0.317 e. The number of hydrogen-bond acceptors (Lipinski definition) is 7. The second-order valence-electron chi connectivity index (χ2n) is 9.11. The van der Waals surface area contributed by atoms with E-state index in [1.807, 2.05) is 54.6 Å². The van der Waals surface area contributed by atoms with Crippen LogP contribution in [-0.4, -0.2) is 72.7 Å². The molecule has 1 fully saturated rings. The molecule has 0 atom stereocenters. The van der Waals surface area contributed by atoms with Crippen LogP contribution in [-0.2, 0) is 19.5 Å². The van der Waals surface area contributed by atoms with E-state index >= 15 is 0 Å². The summed E-state index contributed by atoms with van der Waals surface area (Å²) in [5, 5.41) is 3.03. The highest BCUT2D eigenvalue weighted by atomic mass is 16.5. The Balaban J connectivity index is 1.40. The number of carbonyl (C=O) groups excluding carboxylic acids is 1. The van der Waals surface area contributed by atoms with E-state index in [-0.39, 0.29) is 6.03 Å². The largest absolute Gasteiger partial charge is 0.493 e. The molecule has 0 spiro atoms. The number of amides is 2. The SMILES string of the molecule is COc1ccccc1Oc1nc(N2CCN(C)CC2)nc2c1CN(C(=O)NCc1ccccc1)CC2. The van der Waals surface area contributed by atoms with Crippen molar-refractivity contribution in [3.63, 3.8) is 0 Å². The van der Waals surface area contributed by atoms with Gasteiger partial charge in [-0.1, -0.05) is 42.5 Å². The molecule has 1 aromatic heterocycles. The number of nitrogens with zero attached hydrogens (tertiary/aromatic N) is 5. The van der Waals surface area contributed by atoms with E-state index < -0.39 is 0 Å². The minimum absolute atomic E-state index is 0.115. The van der Waals surface area contributed by atoms with Gasteiger partial charge in [-0.25, -0.2) is 9.78 Å². The number of urea groups is 1. The Labute approximate surface area is 211 Å². The number of hydrogen-bond donors (Lipinski definition) is 1. The van der Waals surface area contributed by atoms with E-state index in [4.69, 9.17) is 19.4 Å². The average molecular weight is 489 g/mol. The maximum atomic E-state index is 13.0. The predicted octanol–water partition coefficient (Wildman–Crippen LogP) is 3.30. The standard InChI is InChI=1S/C27H32N6O3/c1-31-14-16-32(17-15-31)26-29-22-12-13-33(27(34)28-18-20-8-4-3-5-9-20)19-21(22)25(30-26)36-24-11-7-6-10-23(24)35-2/h3-11H,12-19H2,1-2H3,(H,28,34). The van der Waals surface area contributed by atoms with Gasteiger partial charge in [0, 0.05) is 45.7 Å². The zero-order chi connectivity index (χ0) is 24.9. The van der Waals surface area contributed by atoms with E-state index in [0.29, 0.717) is 49.4 Å². The van der Waals surface area contributed by atoms with Crippen LogP contribution in [0, 0.1) is 0 Å². The lowest BCUT2D eigenvalue weighted by molar-refractivity contribution is 0.190. The van der Waals surface area contributed by atoms with E-state index in [1.165, 1.54) is 0 Å². The first-order valence-corrected chi connectivity index (χ1v) is 12.3. The Hall–Kier alpha value is -3.85. The van der Waals surface area contributed by atoms with Crippen LogP contribution in [0.3, 0.4) is 0 Å². The van der Waals surface area contributed by atoms with Crippen molar-refractivity contribution >= 4 is 12.0 Å². The summed E-state index contributed by atoms with van der Waals surface area (Å²) < 4.78 is 11.8. The van der Waals surface area contributed by atoms with Crippen LogP contribution in [0.25, 0.3) is 0 Å². The molecule has 2 aromatic carbocycles. The maximum absolute atomic E-state index is 13.0. The smallest absolute Gasteiger partial charge is 0.317 e. The molecule has 1 saturated heterocycles. The molecule has 2 amide bonds. The summed E-state index contributed by atoms with van der Waals surface area (Å²) in [7, 11) is 3.74. The third kappa shape index (κ3) is 5.36. The van der Waals surface area contributed by atoms with Gasteiger partial charge >= 0.3 is 6.03 Å². The Morgan fingerprint density at radius 2 is 1.67 bits per heavy atom. The molecule has 2 aliphatic heterocycles. The number of carbonyl (C=O) groups is 1. The number of piperazine rings is 1. The van der Waals surface area contributed by atoms with Gasteiger partial charge in [0.05, 0.1) is 24.9 Å². The fraction of sp³-hybridized carbons (Fsp3) is 0.370. The molecule has 0 unspecified atom stereocenters. The predicted molar refractivity (Wildman–Crippen MR) is 138 cm³/mol. The van der Waals surface area contributed by atoms with Crippen molar-refractivity contribution in [3.8, 4) is 17.4 Å². The summed E-state index contributed by atoms with van der Waals surface area (Å²) in [6.45, 7) is 5.07. The van der Waals surface area contributed by atoms with E-state index in [0.717, 1.165) is 43.0 Å². The number of aromatic nitrogens is 2. The third-order valence-corrected chi connectivity index (χ3v) is 6.65. The molecule has 36 heavy (non-hydrogen) atoms. The molecule has 9 nitrogen and oxygen atoms in total. The monoisotopic (exact) mass is 488 g/mol. The molecule has 0 radical (unpaired) electrons. The van der Waals surface area contributed by atoms with Gasteiger partial charge in [-0.3, -0.25) is 0 Å². The number of likely N-dealkylation sites (N-methyl/N-ethyl adjacent to an activating group) is 1.